The molecule has 0 heterocycles. The van der Waals surface area contributed by atoms with Crippen molar-refractivity contribution < 1.29 is 4.74 Å². The predicted molar refractivity (Wildman–Crippen MR) is 73.7 cm³/mol. The summed E-state index contributed by atoms with van der Waals surface area (Å²) in [5.74, 6) is 0.711. The fourth-order valence-electron chi connectivity index (χ4n) is 1.29. The largest absolute Gasteiger partial charge is 0.488 e. The van der Waals surface area contributed by atoms with Crippen molar-refractivity contribution in [2.45, 2.75) is 33.4 Å². The SMILES string of the molecule is C=C(C)COc1ccc(CNC(C)C)cc1Cl. The molecule has 1 N–H and O–H groups in total. The van der Waals surface area contributed by atoms with Crippen LogP contribution in [0.2, 0.25) is 5.02 Å². The number of nitrogens with one attached hydrogen (secondary N) is 1. The lowest BCUT2D eigenvalue weighted by Crippen LogP contribution is -2.21. The van der Waals surface area contributed by atoms with Gasteiger partial charge in [0.1, 0.15) is 12.4 Å². The average molecular weight is 254 g/mol. The molecule has 0 amide bonds. The highest BCUT2D eigenvalue weighted by Gasteiger charge is 2.03. The van der Waals surface area contributed by atoms with Gasteiger partial charge in [0.25, 0.3) is 0 Å². The molecule has 0 atom stereocenters. The molecule has 94 valence electrons. The highest BCUT2D eigenvalue weighted by atomic mass is 35.5. The molecule has 1 rings (SSSR count). The highest BCUT2D eigenvalue weighted by Crippen LogP contribution is 2.25. The molecule has 0 bridgehead atoms. The lowest BCUT2D eigenvalue weighted by Gasteiger charge is -2.11. The fraction of sp³-hybridized carbons (Fsp3) is 0.429. The summed E-state index contributed by atoms with van der Waals surface area (Å²) >= 11 is 6.15. The van der Waals surface area contributed by atoms with Crippen LogP contribution in [0.1, 0.15) is 26.3 Å². The third kappa shape index (κ3) is 5.24. The smallest absolute Gasteiger partial charge is 0.138 e. The number of hydrogen-bond donors (Lipinski definition) is 1. The Balaban J connectivity index is 2.62. The van der Waals surface area contributed by atoms with E-state index in [4.69, 9.17) is 16.3 Å². The van der Waals surface area contributed by atoms with Crippen molar-refractivity contribution in [3.8, 4) is 5.75 Å². The van der Waals surface area contributed by atoms with Crippen molar-refractivity contribution in [3.05, 3.63) is 40.9 Å². The molecule has 0 spiro atoms. The Morgan fingerprint density at radius 3 is 2.71 bits per heavy atom. The minimum atomic E-state index is 0.466. The van der Waals surface area contributed by atoms with Crippen molar-refractivity contribution in [2.75, 3.05) is 6.61 Å². The van der Waals surface area contributed by atoms with Crippen LogP contribution in [0.4, 0.5) is 0 Å². The molecule has 0 aliphatic heterocycles. The minimum absolute atomic E-state index is 0.466. The van der Waals surface area contributed by atoms with Gasteiger partial charge in [-0.2, -0.15) is 0 Å². The van der Waals surface area contributed by atoms with E-state index in [1.807, 2.05) is 25.1 Å². The lowest BCUT2D eigenvalue weighted by molar-refractivity contribution is 0.353. The zero-order valence-electron chi connectivity index (χ0n) is 10.7. The summed E-state index contributed by atoms with van der Waals surface area (Å²) in [4.78, 5) is 0. The third-order valence-electron chi connectivity index (χ3n) is 2.18. The summed E-state index contributed by atoms with van der Waals surface area (Å²) in [6.07, 6.45) is 0. The molecular formula is C14H20ClNO. The Morgan fingerprint density at radius 1 is 1.47 bits per heavy atom. The van der Waals surface area contributed by atoms with E-state index >= 15 is 0 Å². The van der Waals surface area contributed by atoms with Gasteiger partial charge in [-0.15, -0.1) is 0 Å². The molecule has 0 aliphatic carbocycles. The van der Waals surface area contributed by atoms with Gasteiger partial charge < -0.3 is 10.1 Å². The molecule has 0 saturated heterocycles. The monoisotopic (exact) mass is 253 g/mol. The van der Waals surface area contributed by atoms with E-state index in [1.165, 1.54) is 0 Å². The minimum Gasteiger partial charge on any atom is -0.488 e. The number of hydrogen-bond acceptors (Lipinski definition) is 2. The molecule has 0 aromatic heterocycles. The lowest BCUT2D eigenvalue weighted by atomic mass is 10.2. The summed E-state index contributed by atoms with van der Waals surface area (Å²) in [6.45, 7) is 11.3. The Kier molecular flexibility index (Phi) is 5.52. The predicted octanol–water partition coefficient (Wildman–Crippen LogP) is 3.79. The maximum atomic E-state index is 6.15. The normalized spacial score (nSPS) is 10.6. The van der Waals surface area contributed by atoms with Gasteiger partial charge in [0.05, 0.1) is 5.02 Å². The molecule has 0 saturated carbocycles. The van der Waals surface area contributed by atoms with Crippen molar-refractivity contribution in [1.82, 2.24) is 5.32 Å². The van der Waals surface area contributed by atoms with E-state index in [2.05, 4.69) is 25.7 Å². The van der Waals surface area contributed by atoms with Crippen LogP contribution in [0.5, 0.6) is 5.75 Å². The van der Waals surface area contributed by atoms with Crippen molar-refractivity contribution in [3.63, 3.8) is 0 Å². The van der Waals surface area contributed by atoms with Gasteiger partial charge in [-0.1, -0.05) is 38.1 Å². The Hall–Kier alpha value is -0.990. The molecule has 1 aromatic carbocycles. The molecule has 0 fully saturated rings. The van der Waals surface area contributed by atoms with E-state index in [0.717, 1.165) is 17.7 Å². The molecule has 3 heteroatoms. The van der Waals surface area contributed by atoms with Crippen LogP contribution in [-0.4, -0.2) is 12.6 Å². The third-order valence-corrected chi connectivity index (χ3v) is 2.48. The van der Waals surface area contributed by atoms with E-state index in [-0.39, 0.29) is 0 Å². The topological polar surface area (TPSA) is 21.3 Å². The summed E-state index contributed by atoms with van der Waals surface area (Å²) in [5.41, 5.74) is 2.14. The van der Waals surface area contributed by atoms with E-state index in [0.29, 0.717) is 23.4 Å². The molecule has 0 aliphatic rings. The first-order chi connectivity index (χ1) is 7.99. The molecule has 1 aromatic rings. The van der Waals surface area contributed by atoms with Crippen LogP contribution < -0.4 is 10.1 Å². The average Bonchev–Trinajstić information content (AvgIpc) is 2.24. The maximum absolute atomic E-state index is 6.15. The van der Waals surface area contributed by atoms with Gasteiger partial charge in [0.2, 0.25) is 0 Å². The van der Waals surface area contributed by atoms with Crippen LogP contribution in [0.3, 0.4) is 0 Å². The first kappa shape index (κ1) is 14.1. The number of rotatable bonds is 6. The summed E-state index contributed by atoms with van der Waals surface area (Å²) in [6, 6.07) is 6.33. The number of halogens is 1. The van der Waals surface area contributed by atoms with Crippen LogP contribution in [0.25, 0.3) is 0 Å². The second-order valence-corrected chi connectivity index (χ2v) is 4.95. The Labute approximate surface area is 109 Å². The standard InChI is InChI=1S/C14H20ClNO/c1-10(2)9-17-14-6-5-12(7-13(14)15)8-16-11(3)4/h5-7,11,16H,1,8-9H2,2-4H3. The van der Waals surface area contributed by atoms with Crippen LogP contribution in [-0.2, 0) is 6.54 Å². The summed E-state index contributed by atoms with van der Waals surface area (Å²) in [5, 5.41) is 3.99. The summed E-state index contributed by atoms with van der Waals surface area (Å²) in [7, 11) is 0. The van der Waals surface area contributed by atoms with Crippen LogP contribution in [0.15, 0.2) is 30.4 Å². The van der Waals surface area contributed by atoms with Gasteiger partial charge in [0, 0.05) is 12.6 Å². The van der Waals surface area contributed by atoms with E-state index in [1.54, 1.807) is 0 Å². The van der Waals surface area contributed by atoms with Crippen LogP contribution in [0, 0.1) is 0 Å². The number of ether oxygens (including phenoxy) is 1. The molecular weight excluding hydrogens is 234 g/mol. The van der Waals surface area contributed by atoms with Crippen molar-refractivity contribution in [2.24, 2.45) is 0 Å². The van der Waals surface area contributed by atoms with Gasteiger partial charge in [-0.05, 0) is 30.2 Å². The van der Waals surface area contributed by atoms with Crippen molar-refractivity contribution in [1.29, 1.82) is 0 Å². The fourth-order valence-corrected chi connectivity index (χ4v) is 1.55. The first-order valence-electron chi connectivity index (χ1n) is 5.78. The van der Waals surface area contributed by atoms with Gasteiger partial charge in [-0.3, -0.25) is 0 Å². The molecule has 2 nitrogen and oxygen atoms in total. The van der Waals surface area contributed by atoms with Gasteiger partial charge >= 0.3 is 0 Å². The summed E-state index contributed by atoms with van der Waals surface area (Å²) < 4.78 is 5.53. The zero-order chi connectivity index (χ0) is 12.8. The van der Waals surface area contributed by atoms with Crippen molar-refractivity contribution >= 4 is 11.6 Å². The molecule has 0 unspecified atom stereocenters. The quantitative estimate of drug-likeness (QED) is 0.779. The Morgan fingerprint density at radius 2 is 2.18 bits per heavy atom. The molecule has 0 radical (unpaired) electrons. The van der Waals surface area contributed by atoms with Crippen LogP contribution >= 0.6 is 11.6 Å². The Bertz CT molecular complexity index is 388. The first-order valence-corrected chi connectivity index (χ1v) is 6.16. The highest BCUT2D eigenvalue weighted by molar-refractivity contribution is 6.32. The van der Waals surface area contributed by atoms with Gasteiger partial charge in [0.15, 0.2) is 0 Å². The zero-order valence-corrected chi connectivity index (χ0v) is 11.5. The van der Waals surface area contributed by atoms with E-state index in [9.17, 15) is 0 Å². The maximum Gasteiger partial charge on any atom is 0.138 e. The van der Waals surface area contributed by atoms with Gasteiger partial charge in [-0.25, -0.2) is 0 Å². The second-order valence-electron chi connectivity index (χ2n) is 4.55. The molecule has 17 heavy (non-hydrogen) atoms. The second kappa shape index (κ2) is 6.67. The number of benzene rings is 1. The van der Waals surface area contributed by atoms with E-state index < -0.39 is 0 Å².